The topological polar surface area (TPSA) is 75.7 Å². The van der Waals surface area contributed by atoms with Gasteiger partial charge in [-0.3, -0.25) is 4.79 Å². The molecule has 0 saturated carbocycles. The highest BCUT2D eigenvalue weighted by molar-refractivity contribution is 7.89. The lowest BCUT2D eigenvalue weighted by Gasteiger charge is -2.34. The molecule has 1 atom stereocenters. The van der Waals surface area contributed by atoms with Gasteiger partial charge in [0.2, 0.25) is 15.9 Å². The van der Waals surface area contributed by atoms with Crippen LogP contribution in [0.2, 0.25) is 0 Å². The van der Waals surface area contributed by atoms with E-state index in [0.717, 1.165) is 30.4 Å². The highest BCUT2D eigenvalue weighted by Crippen LogP contribution is 2.26. The third-order valence-electron chi connectivity index (χ3n) is 6.78. The molecule has 4 rings (SSSR count). The van der Waals surface area contributed by atoms with Crippen molar-refractivity contribution in [2.75, 3.05) is 20.2 Å². The van der Waals surface area contributed by atoms with Gasteiger partial charge in [0, 0.05) is 13.1 Å². The molecule has 0 unspecified atom stereocenters. The number of sulfonamides is 1. The molecule has 1 N–H and O–H groups in total. The Morgan fingerprint density at radius 1 is 0.972 bits per heavy atom. The Hall–Kier alpha value is -3.16. The van der Waals surface area contributed by atoms with E-state index in [9.17, 15) is 13.2 Å². The van der Waals surface area contributed by atoms with Gasteiger partial charge in [0.05, 0.1) is 7.11 Å². The van der Waals surface area contributed by atoms with Gasteiger partial charge in [0.25, 0.3) is 0 Å². The van der Waals surface area contributed by atoms with E-state index < -0.39 is 16.1 Å². The molecule has 1 aliphatic heterocycles. The molecule has 36 heavy (non-hydrogen) atoms. The molecule has 6 nitrogen and oxygen atoms in total. The fraction of sp³-hybridized carbons (Fsp3) is 0.345. The second-order valence-corrected chi connectivity index (χ2v) is 11.2. The summed E-state index contributed by atoms with van der Waals surface area (Å²) in [5, 5.41) is 0. The normalized spacial score (nSPS) is 15.4. The van der Waals surface area contributed by atoms with E-state index in [1.54, 1.807) is 18.2 Å². The molecule has 7 heteroatoms. The number of hydrogen-bond acceptors (Lipinski definition) is 4. The average Bonchev–Trinajstić information content (AvgIpc) is 2.89. The highest BCUT2D eigenvalue weighted by Gasteiger charge is 2.33. The first-order valence-corrected chi connectivity index (χ1v) is 13.9. The summed E-state index contributed by atoms with van der Waals surface area (Å²) < 4.78 is 34.9. The summed E-state index contributed by atoms with van der Waals surface area (Å²) in [6.45, 7) is 3.07. The van der Waals surface area contributed by atoms with Crippen molar-refractivity contribution in [1.82, 2.24) is 9.62 Å². The first-order chi connectivity index (χ1) is 17.4. The van der Waals surface area contributed by atoms with E-state index in [1.165, 1.54) is 12.7 Å². The monoisotopic (exact) mass is 506 g/mol. The lowest BCUT2D eigenvalue weighted by Crippen LogP contribution is -2.51. The lowest BCUT2D eigenvalue weighted by molar-refractivity contribution is -0.134. The number of methoxy groups -OCH3 is 1. The maximum Gasteiger partial charge on any atom is 0.244 e. The molecule has 1 saturated heterocycles. The molecule has 0 aromatic heterocycles. The van der Waals surface area contributed by atoms with E-state index in [-0.39, 0.29) is 23.0 Å². The minimum atomic E-state index is -4.00. The van der Waals surface area contributed by atoms with Crippen LogP contribution >= 0.6 is 0 Å². The number of hydrogen-bond donors (Lipinski definition) is 1. The first-order valence-electron chi connectivity index (χ1n) is 12.4. The minimum absolute atomic E-state index is 0.0393. The summed E-state index contributed by atoms with van der Waals surface area (Å²) in [5.41, 5.74) is 3.00. The maximum atomic E-state index is 13.7. The number of ether oxygens (including phenoxy) is 1. The number of nitrogens with one attached hydrogen (secondary N) is 1. The number of rotatable bonds is 9. The molecule has 0 spiro atoms. The van der Waals surface area contributed by atoms with E-state index in [0.29, 0.717) is 19.0 Å². The van der Waals surface area contributed by atoms with Crippen LogP contribution in [0.4, 0.5) is 0 Å². The van der Waals surface area contributed by atoms with Crippen molar-refractivity contribution in [3.8, 4) is 5.75 Å². The average molecular weight is 507 g/mol. The third kappa shape index (κ3) is 6.53. The number of piperidine rings is 1. The van der Waals surface area contributed by atoms with Crippen molar-refractivity contribution in [2.45, 2.75) is 43.5 Å². The largest absolute Gasteiger partial charge is 0.495 e. The lowest BCUT2D eigenvalue weighted by atomic mass is 9.90. The van der Waals surface area contributed by atoms with E-state index >= 15 is 0 Å². The molecule has 3 aromatic rings. The molecule has 0 bridgehead atoms. The Morgan fingerprint density at radius 2 is 1.58 bits per heavy atom. The van der Waals surface area contributed by atoms with Gasteiger partial charge in [-0.25, -0.2) is 8.42 Å². The summed E-state index contributed by atoms with van der Waals surface area (Å²) >= 11 is 0. The summed E-state index contributed by atoms with van der Waals surface area (Å²) in [6.07, 6.45) is 3.07. The Labute approximate surface area is 214 Å². The van der Waals surface area contributed by atoms with Crippen molar-refractivity contribution in [2.24, 2.45) is 5.92 Å². The van der Waals surface area contributed by atoms with Gasteiger partial charge in [-0.05, 0) is 67.3 Å². The summed E-state index contributed by atoms with van der Waals surface area (Å²) in [5.74, 6) is 0.574. The smallest absolute Gasteiger partial charge is 0.244 e. The van der Waals surface area contributed by atoms with Crippen LogP contribution in [0.1, 0.15) is 29.5 Å². The Bertz CT molecular complexity index is 1250. The van der Waals surface area contributed by atoms with Gasteiger partial charge in [-0.2, -0.15) is 4.72 Å². The van der Waals surface area contributed by atoms with Crippen molar-refractivity contribution in [1.29, 1.82) is 0 Å². The molecule has 1 fully saturated rings. The van der Waals surface area contributed by atoms with Crippen LogP contribution < -0.4 is 9.46 Å². The SMILES string of the molecule is COc1ccc(C)cc1S(=O)(=O)N[C@@H](Cc1ccccc1)C(=O)N1CCC(Cc2ccccc2)CC1. The van der Waals surface area contributed by atoms with Gasteiger partial charge >= 0.3 is 0 Å². The zero-order valence-electron chi connectivity index (χ0n) is 20.9. The van der Waals surface area contributed by atoms with Crippen LogP contribution in [0, 0.1) is 12.8 Å². The van der Waals surface area contributed by atoms with Gasteiger partial charge in [-0.1, -0.05) is 66.7 Å². The zero-order valence-corrected chi connectivity index (χ0v) is 21.7. The predicted molar refractivity (Wildman–Crippen MR) is 141 cm³/mol. The maximum absolute atomic E-state index is 13.7. The van der Waals surface area contributed by atoms with Gasteiger partial charge in [0.1, 0.15) is 16.7 Å². The highest BCUT2D eigenvalue weighted by atomic mass is 32.2. The van der Waals surface area contributed by atoms with E-state index in [1.807, 2.05) is 48.2 Å². The molecule has 1 amide bonds. The fourth-order valence-corrected chi connectivity index (χ4v) is 6.24. The van der Waals surface area contributed by atoms with Crippen LogP contribution in [-0.4, -0.2) is 45.5 Å². The minimum Gasteiger partial charge on any atom is -0.495 e. The molecule has 1 aliphatic rings. The standard InChI is InChI=1S/C29H34N2O4S/c1-22-13-14-27(35-2)28(19-22)36(33,34)30-26(21-24-11-7-4-8-12-24)29(32)31-17-15-25(16-18-31)20-23-9-5-3-6-10-23/h3-14,19,25-26,30H,15-18,20-21H2,1-2H3/t26-/m0/s1. The van der Waals surface area contributed by atoms with Crippen molar-refractivity contribution >= 4 is 15.9 Å². The van der Waals surface area contributed by atoms with Crippen molar-refractivity contribution in [3.63, 3.8) is 0 Å². The second-order valence-electron chi connectivity index (χ2n) is 9.48. The number of aryl methyl sites for hydroxylation is 1. The summed E-state index contributed by atoms with van der Waals surface area (Å²) in [7, 11) is -2.56. The molecule has 3 aromatic carbocycles. The molecular formula is C29H34N2O4S. The fourth-order valence-electron chi connectivity index (χ4n) is 4.80. The Balaban J connectivity index is 1.51. The van der Waals surface area contributed by atoms with Crippen LogP contribution in [0.3, 0.4) is 0 Å². The first kappa shape index (κ1) is 25.9. The Kier molecular flexibility index (Phi) is 8.44. The molecule has 0 radical (unpaired) electrons. The van der Waals surface area contributed by atoms with Crippen LogP contribution in [0.25, 0.3) is 0 Å². The molecule has 0 aliphatic carbocycles. The Morgan fingerprint density at radius 3 is 2.19 bits per heavy atom. The van der Waals surface area contributed by atoms with Crippen LogP contribution in [0.5, 0.6) is 5.75 Å². The van der Waals surface area contributed by atoms with E-state index in [2.05, 4.69) is 29.0 Å². The number of nitrogens with zero attached hydrogens (tertiary/aromatic N) is 1. The number of amides is 1. The second kappa shape index (κ2) is 11.7. The summed E-state index contributed by atoms with van der Waals surface area (Å²) in [6, 6.07) is 24.0. The van der Waals surface area contributed by atoms with E-state index in [4.69, 9.17) is 4.74 Å². The van der Waals surface area contributed by atoms with Gasteiger partial charge in [0.15, 0.2) is 0 Å². The zero-order chi connectivity index (χ0) is 25.5. The predicted octanol–water partition coefficient (Wildman–Crippen LogP) is 4.37. The van der Waals surface area contributed by atoms with Crippen molar-refractivity contribution in [3.05, 3.63) is 95.6 Å². The molecule has 190 valence electrons. The van der Waals surface area contributed by atoms with Gasteiger partial charge in [-0.15, -0.1) is 0 Å². The molecular weight excluding hydrogens is 472 g/mol. The number of carbonyl (C=O) groups excluding carboxylic acids is 1. The van der Waals surface area contributed by atoms with Crippen molar-refractivity contribution < 1.29 is 17.9 Å². The quantitative estimate of drug-likeness (QED) is 0.468. The number of benzene rings is 3. The van der Waals surface area contributed by atoms with Gasteiger partial charge < -0.3 is 9.64 Å². The number of likely N-dealkylation sites (tertiary alicyclic amines) is 1. The van der Waals surface area contributed by atoms with Crippen LogP contribution in [-0.2, 0) is 27.7 Å². The summed E-state index contributed by atoms with van der Waals surface area (Å²) in [4.78, 5) is 15.5. The number of carbonyl (C=O) groups is 1. The third-order valence-corrected chi connectivity index (χ3v) is 8.27. The van der Waals surface area contributed by atoms with Crippen LogP contribution in [0.15, 0.2) is 83.8 Å². The molecule has 1 heterocycles.